The second kappa shape index (κ2) is 9.12. The predicted octanol–water partition coefficient (Wildman–Crippen LogP) is 4.64. The maximum absolute atomic E-state index is 12.4. The predicted molar refractivity (Wildman–Crippen MR) is 121 cm³/mol. The van der Waals surface area contributed by atoms with Crippen molar-refractivity contribution in [2.75, 3.05) is 6.54 Å². The number of carbonyl (C=O) groups excluding carboxylic acids is 1. The molecule has 0 bridgehead atoms. The Morgan fingerprint density at radius 1 is 1.13 bits per heavy atom. The third-order valence-corrected chi connectivity index (χ3v) is 5.44. The van der Waals surface area contributed by atoms with Gasteiger partial charge in [-0.15, -0.1) is 6.42 Å². The molecule has 0 unspecified atom stereocenters. The third kappa shape index (κ3) is 4.43. The van der Waals surface area contributed by atoms with Crippen LogP contribution in [0.5, 0.6) is 0 Å². The molecule has 5 nitrogen and oxygen atoms in total. The molecule has 2 aromatic carbocycles. The summed E-state index contributed by atoms with van der Waals surface area (Å²) in [5, 5.41) is 11.2. The number of aromatic nitrogens is 3. The Morgan fingerprint density at radius 2 is 2.00 bits per heavy atom. The van der Waals surface area contributed by atoms with Crippen LogP contribution in [0.15, 0.2) is 76.7 Å². The van der Waals surface area contributed by atoms with Gasteiger partial charge in [-0.3, -0.25) is 14.9 Å². The van der Waals surface area contributed by atoms with Crippen molar-refractivity contribution in [1.29, 1.82) is 0 Å². The largest absolute Gasteiger partial charge is 0.341 e. The molecular formula is C24H18N4OS. The number of carbonyl (C=O) groups is 1. The number of aromatic amines is 1. The van der Waals surface area contributed by atoms with Crippen LogP contribution >= 0.6 is 11.8 Å². The van der Waals surface area contributed by atoms with Gasteiger partial charge in [-0.1, -0.05) is 35.9 Å². The number of rotatable bonds is 6. The standard InChI is InChI=1S/C24H18N4OS/c1-2-14-26-24(29)20-8-3-4-9-23(20)30-18-11-12-19-21(27-28-22(19)16-18)13-10-17-7-5-6-15-25-17/h1,3-13,15-16H,14H2,(H,26,29)(H,27,28)/b13-10+. The number of terminal acetylenes is 1. The Kier molecular flexibility index (Phi) is 5.93. The van der Waals surface area contributed by atoms with Crippen molar-refractivity contribution in [3.8, 4) is 12.3 Å². The molecule has 4 rings (SSSR count). The van der Waals surface area contributed by atoms with Gasteiger partial charge in [-0.2, -0.15) is 5.10 Å². The summed E-state index contributed by atoms with van der Waals surface area (Å²) < 4.78 is 0. The highest BCUT2D eigenvalue weighted by Crippen LogP contribution is 2.32. The first-order chi connectivity index (χ1) is 14.7. The summed E-state index contributed by atoms with van der Waals surface area (Å²) >= 11 is 1.52. The van der Waals surface area contributed by atoms with Crippen LogP contribution in [-0.2, 0) is 0 Å². The Balaban J connectivity index is 1.57. The van der Waals surface area contributed by atoms with Crippen molar-refractivity contribution in [2.24, 2.45) is 0 Å². The minimum Gasteiger partial charge on any atom is -0.341 e. The van der Waals surface area contributed by atoms with E-state index in [1.165, 1.54) is 11.8 Å². The Labute approximate surface area is 178 Å². The number of fused-ring (bicyclic) bond motifs is 1. The van der Waals surface area contributed by atoms with E-state index in [2.05, 4.69) is 26.4 Å². The van der Waals surface area contributed by atoms with E-state index in [1.807, 2.05) is 66.7 Å². The first-order valence-electron chi connectivity index (χ1n) is 9.30. The summed E-state index contributed by atoms with van der Waals surface area (Å²) in [6, 6.07) is 19.3. The van der Waals surface area contributed by atoms with E-state index >= 15 is 0 Å². The molecule has 0 aliphatic heterocycles. The van der Waals surface area contributed by atoms with Crippen molar-refractivity contribution in [1.82, 2.24) is 20.5 Å². The van der Waals surface area contributed by atoms with E-state index in [9.17, 15) is 4.79 Å². The van der Waals surface area contributed by atoms with Crippen molar-refractivity contribution < 1.29 is 4.79 Å². The van der Waals surface area contributed by atoms with Gasteiger partial charge in [0, 0.05) is 21.4 Å². The van der Waals surface area contributed by atoms with Gasteiger partial charge in [0.15, 0.2) is 0 Å². The lowest BCUT2D eigenvalue weighted by molar-refractivity contribution is 0.0956. The summed E-state index contributed by atoms with van der Waals surface area (Å²) in [5.74, 6) is 2.24. The first-order valence-corrected chi connectivity index (χ1v) is 10.1. The topological polar surface area (TPSA) is 70.7 Å². The highest BCUT2D eigenvalue weighted by molar-refractivity contribution is 7.99. The number of hydrogen-bond donors (Lipinski definition) is 2. The number of nitrogens with one attached hydrogen (secondary N) is 2. The maximum Gasteiger partial charge on any atom is 0.253 e. The lowest BCUT2D eigenvalue weighted by Crippen LogP contribution is -2.23. The fourth-order valence-corrected chi connectivity index (χ4v) is 3.93. The zero-order chi connectivity index (χ0) is 20.8. The SMILES string of the molecule is C#CCNC(=O)c1ccccc1Sc1ccc2c(/C=C/c3ccccn3)n[nH]c2c1. The second-order valence-corrected chi connectivity index (χ2v) is 7.50. The molecule has 0 fully saturated rings. The van der Waals surface area contributed by atoms with E-state index in [0.717, 1.165) is 32.1 Å². The van der Waals surface area contributed by atoms with Gasteiger partial charge >= 0.3 is 0 Å². The van der Waals surface area contributed by atoms with Gasteiger partial charge in [0.05, 0.1) is 29.0 Å². The fraction of sp³-hybridized carbons (Fsp3) is 0.0417. The van der Waals surface area contributed by atoms with Crippen molar-refractivity contribution >= 4 is 40.7 Å². The number of benzene rings is 2. The molecule has 0 aliphatic rings. The van der Waals surface area contributed by atoms with E-state index in [-0.39, 0.29) is 12.5 Å². The zero-order valence-electron chi connectivity index (χ0n) is 16.0. The Hall–Kier alpha value is -3.82. The molecule has 30 heavy (non-hydrogen) atoms. The monoisotopic (exact) mass is 410 g/mol. The lowest BCUT2D eigenvalue weighted by atomic mass is 10.2. The molecular weight excluding hydrogens is 392 g/mol. The van der Waals surface area contributed by atoms with Crippen LogP contribution in [0, 0.1) is 12.3 Å². The lowest BCUT2D eigenvalue weighted by Gasteiger charge is -2.08. The molecule has 146 valence electrons. The molecule has 0 saturated carbocycles. The number of pyridine rings is 1. The number of nitrogens with zero attached hydrogens (tertiary/aromatic N) is 2. The molecule has 0 spiro atoms. The van der Waals surface area contributed by atoms with E-state index < -0.39 is 0 Å². The van der Waals surface area contributed by atoms with Gasteiger partial charge in [-0.05, 0) is 54.6 Å². The molecule has 0 atom stereocenters. The molecule has 0 saturated heterocycles. The highest BCUT2D eigenvalue weighted by atomic mass is 32.2. The van der Waals surface area contributed by atoms with E-state index in [0.29, 0.717) is 5.56 Å². The summed E-state index contributed by atoms with van der Waals surface area (Å²) in [4.78, 5) is 18.5. The van der Waals surface area contributed by atoms with Crippen LogP contribution in [0.1, 0.15) is 21.7 Å². The fourth-order valence-electron chi connectivity index (χ4n) is 2.95. The first kappa shape index (κ1) is 19.5. The van der Waals surface area contributed by atoms with Crippen LogP contribution in [-0.4, -0.2) is 27.6 Å². The maximum atomic E-state index is 12.4. The molecule has 1 amide bonds. The molecule has 2 aromatic heterocycles. The van der Waals surface area contributed by atoms with Crippen LogP contribution in [0.25, 0.3) is 23.1 Å². The van der Waals surface area contributed by atoms with Crippen LogP contribution in [0.4, 0.5) is 0 Å². The second-order valence-electron chi connectivity index (χ2n) is 6.39. The summed E-state index contributed by atoms with van der Waals surface area (Å²) in [6.07, 6.45) is 10.9. The summed E-state index contributed by atoms with van der Waals surface area (Å²) in [5.41, 5.74) is 3.25. The third-order valence-electron chi connectivity index (χ3n) is 4.37. The van der Waals surface area contributed by atoms with Crippen molar-refractivity contribution in [3.05, 3.63) is 83.8 Å². The minimum absolute atomic E-state index is 0.180. The van der Waals surface area contributed by atoms with Gasteiger partial charge in [-0.25, -0.2) is 0 Å². The number of H-pyrrole nitrogens is 1. The normalized spacial score (nSPS) is 10.9. The zero-order valence-corrected chi connectivity index (χ0v) is 16.8. The molecule has 2 heterocycles. The Morgan fingerprint density at radius 3 is 2.83 bits per heavy atom. The van der Waals surface area contributed by atoms with Crippen LogP contribution < -0.4 is 5.32 Å². The summed E-state index contributed by atoms with van der Waals surface area (Å²) in [6.45, 7) is 0.201. The Bertz CT molecular complexity index is 1260. The minimum atomic E-state index is -0.180. The van der Waals surface area contributed by atoms with Crippen molar-refractivity contribution in [2.45, 2.75) is 9.79 Å². The van der Waals surface area contributed by atoms with Gasteiger partial charge in [0.25, 0.3) is 5.91 Å². The molecule has 2 N–H and O–H groups in total. The molecule has 0 radical (unpaired) electrons. The highest BCUT2D eigenvalue weighted by Gasteiger charge is 2.12. The van der Waals surface area contributed by atoms with E-state index in [1.54, 1.807) is 12.3 Å². The average Bonchev–Trinajstić information content (AvgIpc) is 3.19. The van der Waals surface area contributed by atoms with Gasteiger partial charge < -0.3 is 5.32 Å². The summed E-state index contributed by atoms with van der Waals surface area (Å²) in [7, 11) is 0. The molecule has 0 aliphatic carbocycles. The van der Waals surface area contributed by atoms with Crippen LogP contribution in [0.3, 0.4) is 0 Å². The average molecular weight is 411 g/mol. The molecule has 4 aromatic rings. The number of hydrogen-bond acceptors (Lipinski definition) is 4. The quantitative estimate of drug-likeness (QED) is 0.454. The van der Waals surface area contributed by atoms with Crippen molar-refractivity contribution in [3.63, 3.8) is 0 Å². The van der Waals surface area contributed by atoms with Gasteiger partial charge in [0.1, 0.15) is 0 Å². The van der Waals surface area contributed by atoms with Crippen LogP contribution in [0.2, 0.25) is 0 Å². The van der Waals surface area contributed by atoms with Gasteiger partial charge in [0.2, 0.25) is 0 Å². The molecule has 6 heteroatoms. The smallest absolute Gasteiger partial charge is 0.253 e. The van der Waals surface area contributed by atoms with E-state index in [4.69, 9.17) is 6.42 Å². The number of amides is 1.